The Kier molecular flexibility index (Phi) is 5.23. The monoisotopic (exact) mass is 254 g/mol. The first-order chi connectivity index (χ1) is 8.49. The van der Waals surface area contributed by atoms with Gasteiger partial charge in [-0.05, 0) is 24.5 Å². The number of carbonyl (C=O) groups excluding carboxylic acids is 1. The first kappa shape index (κ1) is 14.1. The molecule has 6 heteroatoms. The molecule has 0 saturated carbocycles. The summed E-state index contributed by atoms with van der Waals surface area (Å²) >= 11 is 0. The van der Waals surface area contributed by atoms with Gasteiger partial charge in [0, 0.05) is 6.54 Å². The Morgan fingerprint density at radius 3 is 2.61 bits per heavy atom. The largest absolute Gasteiger partial charge is 0.475 e. The van der Waals surface area contributed by atoms with Crippen LogP contribution in [0.2, 0.25) is 0 Å². The maximum absolute atomic E-state index is 11.4. The van der Waals surface area contributed by atoms with Crippen molar-refractivity contribution in [3.8, 4) is 0 Å². The summed E-state index contributed by atoms with van der Waals surface area (Å²) in [5.74, 6) is -0.311. The van der Waals surface area contributed by atoms with E-state index < -0.39 is 5.97 Å². The molecule has 0 aromatic carbocycles. The van der Waals surface area contributed by atoms with Crippen molar-refractivity contribution in [1.29, 1.82) is 0 Å². The molecule has 3 N–H and O–H groups in total. The van der Waals surface area contributed by atoms with Crippen molar-refractivity contribution in [3.05, 3.63) is 23.7 Å². The topological polar surface area (TPSA) is 91.6 Å². The molecule has 6 nitrogen and oxygen atoms in total. The van der Waals surface area contributed by atoms with Gasteiger partial charge in [0.2, 0.25) is 5.76 Å². The molecule has 0 saturated heterocycles. The highest BCUT2D eigenvalue weighted by molar-refractivity contribution is 5.84. The first-order valence-electron chi connectivity index (χ1n) is 5.82. The van der Waals surface area contributed by atoms with Crippen molar-refractivity contribution in [2.75, 3.05) is 6.54 Å². The SMILES string of the molecule is CC(C)CCNC(=O)NCc1ccc(C(=O)O)o1. The van der Waals surface area contributed by atoms with E-state index in [0.29, 0.717) is 18.2 Å². The number of hydrogen-bond acceptors (Lipinski definition) is 3. The van der Waals surface area contributed by atoms with Gasteiger partial charge in [0.25, 0.3) is 0 Å². The highest BCUT2D eigenvalue weighted by atomic mass is 16.4. The van der Waals surface area contributed by atoms with E-state index in [9.17, 15) is 9.59 Å². The average Bonchev–Trinajstić information content (AvgIpc) is 2.74. The molecule has 0 fully saturated rings. The highest BCUT2D eigenvalue weighted by Gasteiger charge is 2.09. The standard InChI is InChI=1S/C12H18N2O4/c1-8(2)5-6-13-12(17)14-7-9-3-4-10(18-9)11(15)16/h3-4,8H,5-7H2,1-2H3,(H,15,16)(H2,13,14,17). The third-order valence-corrected chi connectivity index (χ3v) is 2.30. The molecular formula is C12H18N2O4. The quantitative estimate of drug-likeness (QED) is 0.722. The number of rotatable bonds is 6. The Hall–Kier alpha value is -1.98. The van der Waals surface area contributed by atoms with E-state index >= 15 is 0 Å². The molecule has 0 bridgehead atoms. The molecule has 0 aliphatic rings. The van der Waals surface area contributed by atoms with Gasteiger partial charge in [0.05, 0.1) is 6.54 Å². The number of carbonyl (C=O) groups is 2. The molecule has 0 spiro atoms. The molecule has 100 valence electrons. The maximum Gasteiger partial charge on any atom is 0.371 e. The zero-order chi connectivity index (χ0) is 13.5. The number of amides is 2. The predicted octanol–water partition coefficient (Wildman–Crippen LogP) is 1.82. The highest BCUT2D eigenvalue weighted by Crippen LogP contribution is 2.07. The number of carboxylic acids is 1. The van der Waals surface area contributed by atoms with Crippen LogP contribution < -0.4 is 10.6 Å². The fraction of sp³-hybridized carbons (Fsp3) is 0.500. The summed E-state index contributed by atoms with van der Waals surface area (Å²) in [5, 5.41) is 13.9. The molecule has 0 aliphatic heterocycles. The minimum Gasteiger partial charge on any atom is -0.475 e. The lowest BCUT2D eigenvalue weighted by Crippen LogP contribution is -2.35. The Morgan fingerprint density at radius 2 is 2.06 bits per heavy atom. The van der Waals surface area contributed by atoms with E-state index in [1.807, 2.05) is 0 Å². The van der Waals surface area contributed by atoms with Crippen molar-refractivity contribution in [2.24, 2.45) is 5.92 Å². The molecule has 1 rings (SSSR count). The molecule has 0 unspecified atom stereocenters. The number of hydrogen-bond donors (Lipinski definition) is 3. The van der Waals surface area contributed by atoms with Crippen molar-refractivity contribution in [1.82, 2.24) is 10.6 Å². The van der Waals surface area contributed by atoms with Gasteiger partial charge in [-0.15, -0.1) is 0 Å². The van der Waals surface area contributed by atoms with Gasteiger partial charge in [0.1, 0.15) is 5.76 Å². The normalized spacial score (nSPS) is 10.4. The Morgan fingerprint density at radius 1 is 1.33 bits per heavy atom. The molecule has 0 atom stereocenters. The second kappa shape index (κ2) is 6.68. The predicted molar refractivity (Wildman–Crippen MR) is 65.4 cm³/mol. The van der Waals surface area contributed by atoms with Crippen LogP contribution in [0.4, 0.5) is 4.79 Å². The van der Waals surface area contributed by atoms with Gasteiger partial charge in [-0.25, -0.2) is 9.59 Å². The number of urea groups is 1. The van der Waals surface area contributed by atoms with Crippen LogP contribution in [0.1, 0.15) is 36.6 Å². The van der Waals surface area contributed by atoms with Gasteiger partial charge in [-0.3, -0.25) is 0 Å². The van der Waals surface area contributed by atoms with E-state index in [1.54, 1.807) is 0 Å². The van der Waals surface area contributed by atoms with Crippen LogP contribution in [0.5, 0.6) is 0 Å². The van der Waals surface area contributed by atoms with E-state index in [2.05, 4.69) is 24.5 Å². The molecule has 18 heavy (non-hydrogen) atoms. The van der Waals surface area contributed by atoms with Gasteiger partial charge in [-0.1, -0.05) is 13.8 Å². The number of aromatic carboxylic acids is 1. The molecule has 1 aromatic rings. The second-order valence-electron chi connectivity index (χ2n) is 4.36. The third kappa shape index (κ3) is 4.90. The van der Waals surface area contributed by atoms with Crippen molar-refractivity contribution >= 4 is 12.0 Å². The number of carboxylic acid groups (broad SMARTS) is 1. The van der Waals surface area contributed by atoms with Gasteiger partial charge in [0.15, 0.2) is 0 Å². The van der Waals surface area contributed by atoms with E-state index in [1.165, 1.54) is 12.1 Å². The van der Waals surface area contributed by atoms with Crippen molar-refractivity contribution < 1.29 is 19.1 Å². The van der Waals surface area contributed by atoms with Crippen LogP contribution in [-0.2, 0) is 6.54 Å². The van der Waals surface area contributed by atoms with Gasteiger partial charge >= 0.3 is 12.0 Å². The Bertz CT molecular complexity index is 412. The maximum atomic E-state index is 11.4. The summed E-state index contributed by atoms with van der Waals surface area (Å²) in [7, 11) is 0. The summed E-state index contributed by atoms with van der Waals surface area (Å²) in [4.78, 5) is 21.9. The molecular weight excluding hydrogens is 236 g/mol. The smallest absolute Gasteiger partial charge is 0.371 e. The van der Waals surface area contributed by atoms with Crippen LogP contribution in [0, 0.1) is 5.92 Å². The lowest BCUT2D eigenvalue weighted by molar-refractivity contribution is 0.0660. The summed E-state index contributed by atoms with van der Waals surface area (Å²) in [6.07, 6.45) is 0.914. The van der Waals surface area contributed by atoms with Crippen LogP contribution in [-0.4, -0.2) is 23.7 Å². The summed E-state index contributed by atoms with van der Waals surface area (Å²) in [6.45, 7) is 4.94. The van der Waals surface area contributed by atoms with Crippen molar-refractivity contribution in [2.45, 2.75) is 26.8 Å². The molecule has 0 aliphatic carbocycles. The lowest BCUT2D eigenvalue weighted by atomic mass is 10.1. The molecule has 2 amide bonds. The molecule has 0 radical (unpaired) electrons. The summed E-state index contributed by atoms with van der Waals surface area (Å²) in [5.41, 5.74) is 0. The average molecular weight is 254 g/mol. The second-order valence-corrected chi connectivity index (χ2v) is 4.36. The minimum absolute atomic E-state index is 0.132. The van der Waals surface area contributed by atoms with E-state index in [-0.39, 0.29) is 18.3 Å². The molecule has 1 heterocycles. The fourth-order valence-electron chi connectivity index (χ4n) is 1.29. The van der Waals surface area contributed by atoms with Crippen LogP contribution in [0.3, 0.4) is 0 Å². The number of furan rings is 1. The number of nitrogens with one attached hydrogen (secondary N) is 2. The van der Waals surface area contributed by atoms with E-state index in [0.717, 1.165) is 6.42 Å². The van der Waals surface area contributed by atoms with Gasteiger partial charge in [-0.2, -0.15) is 0 Å². The minimum atomic E-state index is -1.12. The zero-order valence-corrected chi connectivity index (χ0v) is 10.5. The third-order valence-electron chi connectivity index (χ3n) is 2.30. The van der Waals surface area contributed by atoms with Crippen LogP contribution >= 0.6 is 0 Å². The zero-order valence-electron chi connectivity index (χ0n) is 10.5. The lowest BCUT2D eigenvalue weighted by Gasteiger charge is -2.07. The molecule has 1 aromatic heterocycles. The summed E-state index contributed by atoms with van der Waals surface area (Å²) in [6, 6.07) is 2.59. The Labute approximate surface area is 105 Å². The van der Waals surface area contributed by atoms with Crippen LogP contribution in [0.25, 0.3) is 0 Å². The van der Waals surface area contributed by atoms with E-state index in [4.69, 9.17) is 9.52 Å². The van der Waals surface area contributed by atoms with Crippen molar-refractivity contribution in [3.63, 3.8) is 0 Å². The first-order valence-corrected chi connectivity index (χ1v) is 5.82. The summed E-state index contributed by atoms with van der Waals surface area (Å²) < 4.78 is 5.00. The Balaban J connectivity index is 2.27. The van der Waals surface area contributed by atoms with Crippen LogP contribution in [0.15, 0.2) is 16.5 Å². The fourth-order valence-corrected chi connectivity index (χ4v) is 1.29. The van der Waals surface area contributed by atoms with Gasteiger partial charge < -0.3 is 20.2 Å².